The average Bonchev–Trinajstić information content (AvgIpc) is 2.71. The zero-order valence-corrected chi connectivity index (χ0v) is 18.1. The lowest BCUT2D eigenvalue weighted by Gasteiger charge is -2.22. The molecule has 0 saturated carbocycles. The van der Waals surface area contributed by atoms with Gasteiger partial charge < -0.3 is 42.3 Å². The van der Waals surface area contributed by atoms with Crippen molar-refractivity contribution in [1.29, 1.82) is 0 Å². The zero-order chi connectivity index (χ0) is 25.0. The number of nitrogens with one attached hydrogen (secondary N) is 4. The van der Waals surface area contributed by atoms with Crippen molar-refractivity contribution < 1.29 is 44.1 Å². The van der Waals surface area contributed by atoms with E-state index in [2.05, 4.69) is 21.3 Å². The highest BCUT2D eigenvalue weighted by molar-refractivity contribution is 5.94. The normalized spacial score (nSPS) is 14.4. The third kappa shape index (κ3) is 10.7. The van der Waals surface area contributed by atoms with Gasteiger partial charge in [0.1, 0.15) is 18.1 Å². The minimum atomic E-state index is -1.47. The fraction of sp³-hybridized carbons (Fsp3) is 0.667. The van der Waals surface area contributed by atoms with Crippen LogP contribution >= 0.6 is 0 Å². The van der Waals surface area contributed by atoms with Gasteiger partial charge in [-0.3, -0.25) is 28.8 Å². The molecule has 0 aromatic carbocycles. The van der Waals surface area contributed by atoms with Crippen LogP contribution in [0.15, 0.2) is 0 Å². The minimum absolute atomic E-state index is 0.241. The Morgan fingerprint density at radius 1 is 0.844 bits per heavy atom. The molecule has 0 aromatic heterocycles. The van der Waals surface area contributed by atoms with Crippen LogP contribution in [-0.2, 0) is 28.8 Å². The Kier molecular flexibility index (Phi) is 12.5. The fourth-order valence-electron chi connectivity index (χ4n) is 2.21. The molecule has 0 spiro atoms. The van der Waals surface area contributed by atoms with E-state index in [0.29, 0.717) is 0 Å². The molecule has 0 heterocycles. The predicted octanol–water partition coefficient (Wildman–Crippen LogP) is -3.50. The van der Waals surface area contributed by atoms with Crippen molar-refractivity contribution in [2.75, 3.05) is 13.2 Å². The van der Waals surface area contributed by atoms with E-state index in [1.807, 2.05) is 0 Å². The number of rotatable bonds is 14. The van der Waals surface area contributed by atoms with Gasteiger partial charge in [0.25, 0.3) is 0 Å². The Morgan fingerprint density at radius 3 is 1.91 bits per heavy atom. The van der Waals surface area contributed by atoms with E-state index < -0.39 is 79.3 Å². The molecule has 182 valence electrons. The van der Waals surface area contributed by atoms with Gasteiger partial charge in [0.05, 0.1) is 19.2 Å². The topological polar surface area (TPSA) is 237 Å². The van der Waals surface area contributed by atoms with Gasteiger partial charge in [-0.2, -0.15) is 0 Å². The monoisotopic (exact) mass is 461 g/mol. The highest BCUT2D eigenvalue weighted by Gasteiger charge is 2.27. The summed E-state index contributed by atoms with van der Waals surface area (Å²) in [6, 6.07) is -4.93. The summed E-state index contributed by atoms with van der Waals surface area (Å²) in [6.45, 7) is 3.07. The maximum atomic E-state index is 12.4. The summed E-state index contributed by atoms with van der Waals surface area (Å²) in [5, 5.41) is 35.6. The Hall–Kier alpha value is -3.26. The summed E-state index contributed by atoms with van der Waals surface area (Å²) in [5.74, 6) is -6.12. The molecule has 0 rings (SSSR count). The molecule has 4 atom stereocenters. The lowest BCUT2D eigenvalue weighted by Crippen LogP contribution is -2.56. The Bertz CT molecular complexity index is 713. The molecule has 0 bridgehead atoms. The van der Waals surface area contributed by atoms with Crippen molar-refractivity contribution in [3.8, 4) is 0 Å². The van der Waals surface area contributed by atoms with E-state index in [0.717, 1.165) is 0 Å². The smallest absolute Gasteiger partial charge is 0.325 e. The zero-order valence-electron chi connectivity index (χ0n) is 18.1. The van der Waals surface area contributed by atoms with Crippen LogP contribution in [-0.4, -0.2) is 88.2 Å². The van der Waals surface area contributed by atoms with E-state index in [4.69, 9.17) is 15.9 Å². The number of carbonyl (C=O) groups excluding carboxylic acids is 4. The van der Waals surface area contributed by atoms with Crippen LogP contribution in [0.3, 0.4) is 0 Å². The maximum absolute atomic E-state index is 12.4. The summed E-state index contributed by atoms with van der Waals surface area (Å²) < 4.78 is 0. The third-order valence-corrected chi connectivity index (χ3v) is 4.29. The molecule has 4 amide bonds. The lowest BCUT2D eigenvalue weighted by molar-refractivity contribution is -0.142. The number of carbonyl (C=O) groups is 6. The van der Waals surface area contributed by atoms with Crippen LogP contribution in [0.4, 0.5) is 0 Å². The average molecular weight is 461 g/mol. The predicted molar refractivity (Wildman–Crippen MR) is 109 cm³/mol. The van der Waals surface area contributed by atoms with Crippen molar-refractivity contribution >= 4 is 35.6 Å². The molecule has 0 saturated heterocycles. The molecule has 0 aromatic rings. The summed E-state index contributed by atoms with van der Waals surface area (Å²) in [7, 11) is 0. The number of carboxylic acids is 2. The quantitative estimate of drug-likeness (QED) is 0.127. The van der Waals surface area contributed by atoms with Gasteiger partial charge in [0.15, 0.2) is 0 Å². The molecule has 14 heteroatoms. The van der Waals surface area contributed by atoms with Crippen LogP contribution in [0.5, 0.6) is 0 Å². The summed E-state index contributed by atoms with van der Waals surface area (Å²) in [5.41, 5.74) is 5.72. The SMILES string of the molecule is CC(C)[C@H](N)C(=O)N[C@@H](CCC(=O)O)C(=O)NCC(=O)N[C@@H](CO)C(=O)N[C@@H](C)C(=O)O. The molecule has 0 unspecified atom stereocenters. The van der Waals surface area contributed by atoms with Crippen molar-refractivity contribution in [1.82, 2.24) is 21.3 Å². The summed E-state index contributed by atoms with van der Waals surface area (Å²) in [4.78, 5) is 70.0. The molecule has 0 fully saturated rings. The van der Waals surface area contributed by atoms with E-state index in [1.54, 1.807) is 13.8 Å². The molecule has 32 heavy (non-hydrogen) atoms. The summed E-state index contributed by atoms with van der Waals surface area (Å²) in [6.07, 6.45) is -0.690. The van der Waals surface area contributed by atoms with Gasteiger partial charge >= 0.3 is 11.9 Å². The lowest BCUT2D eigenvalue weighted by atomic mass is 10.0. The van der Waals surface area contributed by atoms with Crippen LogP contribution in [0.2, 0.25) is 0 Å². The molecular weight excluding hydrogens is 430 g/mol. The first-order chi connectivity index (χ1) is 14.8. The molecule has 14 nitrogen and oxygen atoms in total. The summed E-state index contributed by atoms with van der Waals surface area (Å²) >= 11 is 0. The second-order valence-electron chi connectivity index (χ2n) is 7.35. The molecular formula is C18H31N5O9. The Labute approximate surface area is 184 Å². The second-order valence-corrected chi connectivity index (χ2v) is 7.35. The van der Waals surface area contributed by atoms with E-state index in [-0.39, 0.29) is 12.3 Å². The fourth-order valence-corrected chi connectivity index (χ4v) is 2.21. The first kappa shape index (κ1) is 28.7. The van der Waals surface area contributed by atoms with Gasteiger partial charge in [-0.1, -0.05) is 13.8 Å². The first-order valence-corrected chi connectivity index (χ1v) is 9.78. The van der Waals surface area contributed by atoms with Gasteiger partial charge in [-0.05, 0) is 19.3 Å². The van der Waals surface area contributed by atoms with Crippen molar-refractivity contribution in [3.05, 3.63) is 0 Å². The van der Waals surface area contributed by atoms with Crippen LogP contribution in [0, 0.1) is 5.92 Å². The number of aliphatic hydroxyl groups excluding tert-OH is 1. The molecule has 0 aliphatic heterocycles. The largest absolute Gasteiger partial charge is 0.481 e. The number of nitrogens with two attached hydrogens (primary N) is 1. The van der Waals surface area contributed by atoms with Gasteiger partial charge in [0.2, 0.25) is 23.6 Å². The van der Waals surface area contributed by atoms with Gasteiger partial charge in [0, 0.05) is 6.42 Å². The van der Waals surface area contributed by atoms with Crippen LogP contribution < -0.4 is 27.0 Å². The number of amides is 4. The van der Waals surface area contributed by atoms with Crippen LogP contribution in [0.1, 0.15) is 33.6 Å². The number of hydrogen-bond donors (Lipinski definition) is 8. The Balaban J connectivity index is 4.94. The minimum Gasteiger partial charge on any atom is -0.481 e. The first-order valence-electron chi connectivity index (χ1n) is 9.78. The molecule has 9 N–H and O–H groups in total. The van der Waals surface area contributed by atoms with Crippen molar-refractivity contribution in [2.45, 2.75) is 57.8 Å². The van der Waals surface area contributed by atoms with Crippen molar-refractivity contribution in [2.24, 2.45) is 11.7 Å². The molecule has 0 aliphatic carbocycles. The standard InChI is InChI=1S/C18H31N5O9/c1-8(2)14(19)17(30)23-10(4-5-13(26)27)15(28)20-6-12(25)22-11(7-24)16(29)21-9(3)18(31)32/h8-11,14,24H,4-7,19H2,1-3H3,(H,20,28)(H,21,29)(H,22,25)(H,23,30)(H,26,27)(H,31,32)/t9-,10-,11-,14-/m0/s1. The number of aliphatic hydroxyl groups is 1. The highest BCUT2D eigenvalue weighted by Crippen LogP contribution is 2.03. The second kappa shape index (κ2) is 13.9. The number of aliphatic carboxylic acids is 2. The van der Waals surface area contributed by atoms with E-state index >= 15 is 0 Å². The van der Waals surface area contributed by atoms with E-state index in [9.17, 15) is 33.9 Å². The molecule has 0 aliphatic rings. The van der Waals surface area contributed by atoms with Gasteiger partial charge in [-0.25, -0.2) is 0 Å². The maximum Gasteiger partial charge on any atom is 0.325 e. The van der Waals surface area contributed by atoms with Crippen LogP contribution in [0.25, 0.3) is 0 Å². The van der Waals surface area contributed by atoms with Crippen molar-refractivity contribution in [3.63, 3.8) is 0 Å². The van der Waals surface area contributed by atoms with Gasteiger partial charge in [-0.15, -0.1) is 0 Å². The number of hydrogen-bond acceptors (Lipinski definition) is 8. The highest BCUT2D eigenvalue weighted by atomic mass is 16.4. The number of carboxylic acid groups (broad SMARTS) is 2. The molecule has 0 radical (unpaired) electrons. The Morgan fingerprint density at radius 2 is 1.44 bits per heavy atom. The third-order valence-electron chi connectivity index (χ3n) is 4.29. The van der Waals surface area contributed by atoms with E-state index in [1.165, 1.54) is 6.92 Å².